The molecule has 1 aromatic heterocycles. The molecule has 3 heterocycles. The summed E-state index contributed by atoms with van der Waals surface area (Å²) in [5.41, 5.74) is 2.38. The molecule has 2 amide bonds. The first kappa shape index (κ1) is 22.0. The molecule has 0 radical (unpaired) electrons. The Balaban J connectivity index is 1.10. The van der Waals surface area contributed by atoms with Crippen molar-refractivity contribution in [3.63, 3.8) is 0 Å². The topological polar surface area (TPSA) is 78.4 Å². The minimum absolute atomic E-state index is 0.0112. The molecule has 2 aliphatic rings. The van der Waals surface area contributed by atoms with E-state index in [9.17, 15) is 14.0 Å². The molecule has 1 N–H and O–H groups in total. The zero-order valence-corrected chi connectivity index (χ0v) is 18.7. The average Bonchev–Trinajstić information content (AvgIpc) is 2.84. The molecule has 8 heteroatoms. The fraction of sp³-hybridized carbons (Fsp3) is 0.308. The summed E-state index contributed by atoms with van der Waals surface area (Å²) in [6.45, 7) is 2.55. The lowest BCUT2D eigenvalue weighted by Gasteiger charge is -2.38. The number of hydrogen-bond donors (Lipinski definition) is 1. The summed E-state index contributed by atoms with van der Waals surface area (Å²) in [7, 11) is 0. The molecule has 0 bridgehead atoms. The van der Waals surface area contributed by atoms with Crippen molar-refractivity contribution in [1.82, 2.24) is 15.1 Å². The molecule has 2 saturated heterocycles. The first-order valence-corrected chi connectivity index (χ1v) is 11.5. The Labute approximate surface area is 197 Å². The molecule has 2 fully saturated rings. The summed E-state index contributed by atoms with van der Waals surface area (Å²) in [6.07, 6.45) is 3.34. The molecular weight excluding hydrogens is 433 g/mol. The standard InChI is InChI=1S/C26H26FN5O2/c27-22-4-1-3-20(15-22)26(34)31-13-10-19(11-14-31)18-6-8-23(9-7-18)29-25(33)21-16-32(17-21)24-5-2-12-28-30-24/h1-9,12,15,19,21H,10-11,13-14,16-17H2,(H,29,33). The first-order valence-electron chi connectivity index (χ1n) is 11.5. The van der Waals surface area contributed by atoms with E-state index in [1.165, 1.54) is 17.7 Å². The summed E-state index contributed by atoms with van der Waals surface area (Å²) in [5.74, 6) is 0.574. The summed E-state index contributed by atoms with van der Waals surface area (Å²) < 4.78 is 13.4. The van der Waals surface area contributed by atoms with Crippen LogP contribution >= 0.6 is 0 Å². The normalized spacial score (nSPS) is 16.7. The molecule has 0 saturated carbocycles. The maximum atomic E-state index is 13.4. The van der Waals surface area contributed by atoms with Crippen molar-refractivity contribution in [3.8, 4) is 0 Å². The Morgan fingerprint density at radius 3 is 2.41 bits per heavy atom. The molecule has 5 rings (SSSR count). The van der Waals surface area contributed by atoms with E-state index in [0.29, 0.717) is 37.7 Å². The van der Waals surface area contributed by atoms with Crippen LogP contribution in [0.25, 0.3) is 0 Å². The molecule has 0 atom stereocenters. The Morgan fingerprint density at radius 2 is 1.74 bits per heavy atom. The number of hydrogen-bond acceptors (Lipinski definition) is 5. The van der Waals surface area contributed by atoms with Crippen LogP contribution in [0.1, 0.15) is 34.7 Å². The van der Waals surface area contributed by atoms with E-state index >= 15 is 0 Å². The molecule has 0 spiro atoms. The smallest absolute Gasteiger partial charge is 0.253 e. The van der Waals surface area contributed by atoms with Crippen molar-refractivity contribution in [2.75, 3.05) is 36.4 Å². The van der Waals surface area contributed by atoms with Crippen LogP contribution in [0.4, 0.5) is 15.9 Å². The number of carbonyl (C=O) groups excluding carboxylic acids is 2. The molecule has 2 aromatic carbocycles. The van der Waals surface area contributed by atoms with Gasteiger partial charge in [0, 0.05) is 43.6 Å². The number of aromatic nitrogens is 2. The lowest BCUT2D eigenvalue weighted by molar-refractivity contribution is -0.120. The van der Waals surface area contributed by atoms with Gasteiger partial charge in [0.1, 0.15) is 5.82 Å². The monoisotopic (exact) mass is 459 g/mol. The molecule has 0 unspecified atom stereocenters. The van der Waals surface area contributed by atoms with Crippen LogP contribution in [0, 0.1) is 11.7 Å². The second kappa shape index (κ2) is 9.59. The van der Waals surface area contributed by atoms with Crippen LogP contribution < -0.4 is 10.2 Å². The minimum Gasteiger partial charge on any atom is -0.353 e. The highest BCUT2D eigenvalue weighted by Gasteiger charge is 2.33. The summed E-state index contributed by atoms with van der Waals surface area (Å²) in [5, 5.41) is 11.0. The fourth-order valence-corrected chi connectivity index (χ4v) is 4.60. The number of benzene rings is 2. The van der Waals surface area contributed by atoms with E-state index in [1.807, 2.05) is 29.2 Å². The molecule has 34 heavy (non-hydrogen) atoms. The average molecular weight is 460 g/mol. The lowest BCUT2D eigenvalue weighted by atomic mass is 9.89. The first-order chi connectivity index (χ1) is 16.6. The Hall–Kier alpha value is -3.81. The van der Waals surface area contributed by atoms with Crippen molar-refractivity contribution in [2.45, 2.75) is 18.8 Å². The second-order valence-corrected chi connectivity index (χ2v) is 8.87. The molecule has 7 nitrogen and oxygen atoms in total. The van der Waals surface area contributed by atoms with Crippen LogP contribution in [-0.2, 0) is 4.79 Å². The van der Waals surface area contributed by atoms with Gasteiger partial charge in [-0.3, -0.25) is 9.59 Å². The number of nitrogens with one attached hydrogen (secondary N) is 1. The third kappa shape index (κ3) is 4.76. The zero-order valence-electron chi connectivity index (χ0n) is 18.7. The van der Waals surface area contributed by atoms with Gasteiger partial charge in [-0.1, -0.05) is 18.2 Å². The van der Waals surface area contributed by atoms with Gasteiger partial charge in [-0.25, -0.2) is 4.39 Å². The van der Waals surface area contributed by atoms with Gasteiger partial charge < -0.3 is 15.1 Å². The predicted octanol–water partition coefficient (Wildman–Crippen LogP) is 3.71. The number of halogens is 1. The van der Waals surface area contributed by atoms with Gasteiger partial charge in [0.2, 0.25) is 5.91 Å². The zero-order chi connectivity index (χ0) is 23.5. The third-order valence-corrected chi connectivity index (χ3v) is 6.64. The molecule has 0 aliphatic carbocycles. The molecule has 3 aromatic rings. The minimum atomic E-state index is -0.395. The van der Waals surface area contributed by atoms with E-state index < -0.39 is 5.82 Å². The maximum absolute atomic E-state index is 13.4. The van der Waals surface area contributed by atoms with E-state index in [1.54, 1.807) is 23.2 Å². The van der Waals surface area contributed by atoms with Gasteiger partial charge >= 0.3 is 0 Å². The summed E-state index contributed by atoms with van der Waals surface area (Å²) in [6, 6.07) is 17.6. The van der Waals surface area contributed by atoms with Crippen LogP contribution in [-0.4, -0.2) is 53.1 Å². The lowest BCUT2D eigenvalue weighted by Crippen LogP contribution is -2.52. The van der Waals surface area contributed by atoms with Crippen molar-refractivity contribution in [1.29, 1.82) is 0 Å². The van der Waals surface area contributed by atoms with Crippen LogP contribution in [0.3, 0.4) is 0 Å². The highest BCUT2D eigenvalue weighted by Crippen LogP contribution is 2.30. The van der Waals surface area contributed by atoms with Crippen molar-refractivity contribution < 1.29 is 14.0 Å². The summed E-state index contributed by atoms with van der Waals surface area (Å²) in [4.78, 5) is 29.0. The van der Waals surface area contributed by atoms with Crippen molar-refractivity contribution >= 4 is 23.3 Å². The van der Waals surface area contributed by atoms with Gasteiger partial charge in [0.05, 0.1) is 5.92 Å². The highest BCUT2D eigenvalue weighted by atomic mass is 19.1. The Kier molecular flexibility index (Phi) is 6.20. The molecule has 2 aliphatic heterocycles. The van der Waals surface area contributed by atoms with Crippen molar-refractivity contribution in [2.24, 2.45) is 5.92 Å². The second-order valence-electron chi connectivity index (χ2n) is 8.87. The number of amides is 2. The number of rotatable bonds is 5. The number of carbonyl (C=O) groups is 2. The fourth-order valence-electron chi connectivity index (χ4n) is 4.60. The van der Waals surface area contributed by atoms with Gasteiger partial charge in [-0.05, 0) is 66.8 Å². The maximum Gasteiger partial charge on any atom is 0.253 e. The van der Waals surface area contributed by atoms with Gasteiger partial charge in [0.25, 0.3) is 5.91 Å². The van der Waals surface area contributed by atoms with Gasteiger partial charge in [-0.2, -0.15) is 5.10 Å². The third-order valence-electron chi connectivity index (χ3n) is 6.64. The number of anilines is 2. The number of piperidine rings is 1. The quantitative estimate of drug-likeness (QED) is 0.629. The largest absolute Gasteiger partial charge is 0.353 e. The van der Waals surface area contributed by atoms with E-state index in [-0.39, 0.29) is 17.7 Å². The van der Waals surface area contributed by atoms with Gasteiger partial charge in [0.15, 0.2) is 5.82 Å². The predicted molar refractivity (Wildman–Crippen MR) is 127 cm³/mol. The van der Waals surface area contributed by atoms with Crippen LogP contribution in [0.5, 0.6) is 0 Å². The molecule has 174 valence electrons. The SMILES string of the molecule is O=C(Nc1ccc(C2CCN(C(=O)c3cccc(F)c3)CC2)cc1)C1CN(c2cccnn2)C1. The van der Waals surface area contributed by atoms with E-state index in [2.05, 4.69) is 27.6 Å². The Bertz CT molecular complexity index is 1160. The van der Waals surface area contributed by atoms with E-state index in [0.717, 1.165) is 24.3 Å². The molecular formula is C26H26FN5O2. The van der Waals surface area contributed by atoms with Crippen molar-refractivity contribution in [3.05, 3.63) is 83.8 Å². The van der Waals surface area contributed by atoms with E-state index in [4.69, 9.17) is 0 Å². The van der Waals surface area contributed by atoms with Crippen LogP contribution in [0.15, 0.2) is 66.9 Å². The number of likely N-dealkylation sites (tertiary alicyclic amines) is 1. The number of nitrogens with zero attached hydrogens (tertiary/aromatic N) is 4. The summed E-state index contributed by atoms with van der Waals surface area (Å²) >= 11 is 0. The van der Waals surface area contributed by atoms with Gasteiger partial charge in [-0.15, -0.1) is 5.10 Å². The Morgan fingerprint density at radius 1 is 0.971 bits per heavy atom. The van der Waals surface area contributed by atoms with Crippen LogP contribution in [0.2, 0.25) is 0 Å². The highest BCUT2D eigenvalue weighted by molar-refractivity contribution is 5.95.